The van der Waals surface area contributed by atoms with Crippen LogP contribution in [0, 0.1) is 0 Å². The van der Waals surface area contributed by atoms with Crippen LogP contribution in [0.4, 0.5) is 0 Å². The van der Waals surface area contributed by atoms with Crippen LogP contribution in [-0.2, 0) is 6.54 Å². The second kappa shape index (κ2) is 8.15. The molecule has 1 fully saturated rings. The van der Waals surface area contributed by atoms with Crippen LogP contribution in [0.15, 0.2) is 54.6 Å². The average molecular weight is 329 g/mol. The first kappa shape index (κ1) is 16.8. The first-order valence-electron chi connectivity index (χ1n) is 8.19. The minimum Gasteiger partial charge on any atom is -0.491 e. The summed E-state index contributed by atoms with van der Waals surface area (Å²) in [6.07, 6.45) is -0.697. The summed E-state index contributed by atoms with van der Waals surface area (Å²) in [6, 6.07) is 17.4. The highest BCUT2D eigenvalue weighted by molar-refractivity contribution is 5.27. The van der Waals surface area contributed by atoms with E-state index in [1.807, 2.05) is 54.6 Å². The van der Waals surface area contributed by atoms with Gasteiger partial charge >= 0.3 is 0 Å². The average Bonchev–Trinajstić information content (AvgIpc) is 2.94. The Labute approximate surface area is 142 Å². The molecule has 1 aliphatic rings. The van der Waals surface area contributed by atoms with Crippen molar-refractivity contribution in [3.05, 3.63) is 60.2 Å². The molecule has 2 aromatic rings. The quantitative estimate of drug-likeness (QED) is 0.809. The lowest BCUT2D eigenvalue weighted by Crippen LogP contribution is -2.29. The van der Waals surface area contributed by atoms with Crippen LogP contribution in [0.2, 0.25) is 0 Å². The fraction of sp³-hybridized carbons (Fsp3) is 0.368. The number of benzene rings is 2. The van der Waals surface area contributed by atoms with Crippen molar-refractivity contribution < 1.29 is 19.7 Å². The number of β-amino-alcohol motifs (C(OH)–C–C–N with tert-alkyl or cyclic N) is 1. The van der Waals surface area contributed by atoms with Crippen LogP contribution < -0.4 is 9.47 Å². The van der Waals surface area contributed by atoms with Gasteiger partial charge in [0.1, 0.15) is 30.3 Å². The zero-order valence-electron chi connectivity index (χ0n) is 13.5. The Kier molecular flexibility index (Phi) is 5.69. The highest BCUT2D eigenvalue weighted by Gasteiger charge is 2.32. The van der Waals surface area contributed by atoms with Gasteiger partial charge in [-0.2, -0.15) is 0 Å². The molecule has 0 aliphatic carbocycles. The number of likely N-dealkylation sites (tertiary alicyclic amines) is 1. The van der Waals surface area contributed by atoms with Crippen molar-refractivity contribution in [1.82, 2.24) is 4.90 Å². The second-order valence-corrected chi connectivity index (χ2v) is 5.95. The molecule has 2 atom stereocenters. The summed E-state index contributed by atoms with van der Waals surface area (Å²) in [7, 11) is 0. The Morgan fingerprint density at radius 3 is 2.42 bits per heavy atom. The number of aliphatic hydroxyl groups excluding tert-OH is 2. The molecule has 0 spiro atoms. The Balaban J connectivity index is 1.53. The first-order valence-corrected chi connectivity index (χ1v) is 8.19. The third-order valence-electron chi connectivity index (χ3n) is 4.03. The predicted octanol–water partition coefficient (Wildman–Crippen LogP) is 1.68. The van der Waals surface area contributed by atoms with Crippen molar-refractivity contribution in [2.75, 3.05) is 26.3 Å². The maximum atomic E-state index is 10.2. The molecule has 24 heavy (non-hydrogen) atoms. The van der Waals surface area contributed by atoms with Crippen LogP contribution in [0.5, 0.6) is 11.5 Å². The Hall–Kier alpha value is -2.08. The molecule has 0 saturated carbocycles. The van der Waals surface area contributed by atoms with Crippen molar-refractivity contribution in [2.45, 2.75) is 18.8 Å². The Morgan fingerprint density at radius 1 is 0.958 bits per heavy atom. The van der Waals surface area contributed by atoms with E-state index in [-0.39, 0.29) is 12.7 Å². The van der Waals surface area contributed by atoms with Crippen molar-refractivity contribution in [1.29, 1.82) is 0 Å². The highest BCUT2D eigenvalue weighted by atomic mass is 16.5. The van der Waals surface area contributed by atoms with Gasteiger partial charge in [-0.3, -0.25) is 4.90 Å². The van der Waals surface area contributed by atoms with Crippen LogP contribution in [-0.4, -0.2) is 53.6 Å². The topological polar surface area (TPSA) is 62.2 Å². The van der Waals surface area contributed by atoms with Crippen LogP contribution >= 0.6 is 0 Å². The highest BCUT2D eigenvalue weighted by Crippen LogP contribution is 2.21. The van der Waals surface area contributed by atoms with Crippen LogP contribution in [0.3, 0.4) is 0 Å². The molecule has 1 heterocycles. The van der Waals surface area contributed by atoms with Crippen molar-refractivity contribution in [3.8, 4) is 11.5 Å². The first-order chi connectivity index (χ1) is 11.7. The molecule has 128 valence electrons. The number of aliphatic hydroxyl groups is 2. The minimum atomic E-state index is -0.489. The minimum absolute atomic E-state index is 0.0101. The summed E-state index contributed by atoms with van der Waals surface area (Å²) in [5, 5.41) is 19.0. The van der Waals surface area contributed by atoms with Gasteiger partial charge < -0.3 is 19.7 Å². The van der Waals surface area contributed by atoms with Gasteiger partial charge in [0.05, 0.1) is 6.61 Å². The number of rotatable bonds is 7. The molecule has 2 aromatic carbocycles. The smallest absolute Gasteiger partial charge is 0.138 e. The number of para-hydroxylation sites is 1. The molecule has 0 radical (unpaired) electrons. The SMILES string of the molecule is OCCOc1ccc(CN2C[C@H](Oc3ccccc3)[C@@H](O)C2)cc1. The molecule has 2 N–H and O–H groups in total. The van der Waals surface area contributed by atoms with E-state index in [2.05, 4.69) is 4.90 Å². The lowest BCUT2D eigenvalue weighted by molar-refractivity contribution is 0.0737. The number of ether oxygens (including phenoxy) is 2. The second-order valence-electron chi connectivity index (χ2n) is 5.95. The molecule has 0 aromatic heterocycles. The van der Waals surface area contributed by atoms with E-state index in [0.717, 1.165) is 23.6 Å². The number of hydrogen-bond acceptors (Lipinski definition) is 5. The zero-order chi connectivity index (χ0) is 16.8. The molecule has 0 unspecified atom stereocenters. The summed E-state index contributed by atoms with van der Waals surface area (Å²) in [6.45, 7) is 2.36. The standard InChI is InChI=1S/C19H23NO4/c21-10-11-23-16-8-6-15(7-9-16)12-20-13-18(22)19(14-20)24-17-4-2-1-3-5-17/h1-9,18-19,21-22H,10-14H2/t18-,19-/m0/s1. The van der Waals surface area contributed by atoms with Gasteiger partial charge in [-0.25, -0.2) is 0 Å². The fourth-order valence-electron chi connectivity index (χ4n) is 2.86. The van der Waals surface area contributed by atoms with Gasteiger partial charge in [0, 0.05) is 19.6 Å². The molecule has 0 bridgehead atoms. The molecule has 0 amide bonds. The van der Waals surface area contributed by atoms with E-state index in [0.29, 0.717) is 19.7 Å². The van der Waals surface area contributed by atoms with E-state index >= 15 is 0 Å². The molecular weight excluding hydrogens is 306 g/mol. The maximum Gasteiger partial charge on any atom is 0.138 e. The van der Waals surface area contributed by atoms with E-state index in [1.54, 1.807) is 0 Å². The van der Waals surface area contributed by atoms with E-state index in [1.165, 1.54) is 0 Å². The largest absolute Gasteiger partial charge is 0.491 e. The van der Waals surface area contributed by atoms with Crippen molar-refractivity contribution in [2.24, 2.45) is 0 Å². The number of hydrogen-bond donors (Lipinski definition) is 2. The molecule has 3 rings (SSSR count). The van der Waals surface area contributed by atoms with Gasteiger partial charge in [0.15, 0.2) is 0 Å². The normalized spacial score (nSPS) is 20.9. The lowest BCUT2D eigenvalue weighted by atomic mass is 10.2. The summed E-state index contributed by atoms with van der Waals surface area (Å²) < 4.78 is 11.2. The third kappa shape index (κ3) is 4.47. The molecule has 5 nitrogen and oxygen atoms in total. The molecule has 1 saturated heterocycles. The maximum absolute atomic E-state index is 10.2. The van der Waals surface area contributed by atoms with E-state index < -0.39 is 6.10 Å². The number of nitrogens with zero attached hydrogens (tertiary/aromatic N) is 1. The van der Waals surface area contributed by atoms with Gasteiger partial charge in [-0.05, 0) is 29.8 Å². The van der Waals surface area contributed by atoms with Gasteiger partial charge in [0.25, 0.3) is 0 Å². The molecule has 5 heteroatoms. The van der Waals surface area contributed by atoms with Gasteiger partial charge in [-0.15, -0.1) is 0 Å². The molecular formula is C19H23NO4. The summed E-state index contributed by atoms with van der Waals surface area (Å²) in [5.74, 6) is 1.54. The lowest BCUT2D eigenvalue weighted by Gasteiger charge is -2.17. The van der Waals surface area contributed by atoms with Gasteiger partial charge in [-0.1, -0.05) is 30.3 Å². The van der Waals surface area contributed by atoms with Crippen molar-refractivity contribution >= 4 is 0 Å². The van der Waals surface area contributed by atoms with E-state index in [9.17, 15) is 5.11 Å². The van der Waals surface area contributed by atoms with E-state index in [4.69, 9.17) is 14.6 Å². The molecule has 1 aliphatic heterocycles. The summed E-state index contributed by atoms with van der Waals surface area (Å²) in [4.78, 5) is 2.18. The van der Waals surface area contributed by atoms with Crippen LogP contribution in [0.25, 0.3) is 0 Å². The Morgan fingerprint density at radius 2 is 1.71 bits per heavy atom. The fourth-order valence-corrected chi connectivity index (χ4v) is 2.86. The monoisotopic (exact) mass is 329 g/mol. The Bertz CT molecular complexity index is 617. The predicted molar refractivity (Wildman–Crippen MR) is 91.2 cm³/mol. The third-order valence-corrected chi connectivity index (χ3v) is 4.03. The summed E-state index contributed by atoms with van der Waals surface area (Å²) >= 11 is 0. The van der Waals surface area contributed by atoms with Crippen molar-refractivity contribution in [3.63, 3.8) is 0 Å². The van der Waals surface area contributed by atoms with Crippen LogP contribution in [0.1, 0.15) is 5.56 Å². The summed E-state index contributed by atoms with van der Waals surface area (Å²) in [5.41, 5.74) is 1.15. The van der Waals surface area contributed by atoms with Gasteiger partial charge in [0.2, 0.25) is 0 Å². The zero-order valence-corrected chi connectivity index (χ0v) is 13.5.